The maximum absolute atomic E-state index is 14.7. The number of aryl methyl sites for hydroxylation is 1. The fraction of sp³-hybridized carbons (Fsp3) is 0.700. The predicted molar refractivity (Wildman–Crippen MR) is 54.6 cm³/mol. The highest BCUT2D eigenvalue weighted by molar-refractivity contribution is 5.31. The Kier molecular flexibility index (Phi) is 2.65. The van der Waals surface area contributed by atoms with E-state index in [4.69, 9.17) is 4.74 Å². The highest BCUT2D eigenvalue weighted by Gasteiger charge is 2.39. The van der Waals surface area contributed by atoms with Gasteiger partial charge in [-0.25, -0.2) is 4.39 Å². The van der Waals surface area contributed by atoms with Gasteiger partial charge in [-0.05, 0) is 25.9 Å². The molecule has 1 aliphatic heterocycles. The zero-order chi connectivity index (χ0) is 10.9. The van der Waals surface area contributed by atoms with Gasteiger partial charge in [0, 0.05) is 7.05 Å². The van der Waals surface area contributed by atoms with Crippen molar-refractivity contribution in [3.63, 3.8) is 0 Å². The number of rotatable bonds is 2. The number of methoxy groups -OCH3 is 1. The first kappa shape index (κ1) is 10.4. The van der Waals surface area contributed by atoms with Crippen LogP contribution in [0.2, 0.25) is 0 Å². The number of piperidine rings is 1. The summed E-state index contributed by atoms with van der Waals surface area (Å²) in [5, 5.41) is 7.19. The van der Waals surface area contributed by atoms with Crippen LogP contribution >= 0.6 is 0 Å². The molecular weight excluding hydrogens is 197 g/mol. The van der Waals surface area contributed by atoms with Crippen molar-refractivity contribution in [2.45, 2.75) is 18.5 Å². The van der Waals surface area contributed by atoms with Crippen LogP contribution in [0.4, 0.5) is 4.39 Å². The molecule has 0 atom stereocenters. The van der Waals surface area contributed by atoms with Crippen LogP contribution in [0, 0.1) is 0 Å². The maximum Gasteiger partial charge on any atom is 0.163 e. The van der Waals surface area contributed by atoms with Gasteiger partial charge in [-0.2, -0.15) is 5.10 Å². The molecule has 0 amide bonds. The standard InChI is InChI=1S/C10H16FN3O/c1-14-9(8(15-2)7-13-14)10(11)3-5-12-6-4-10/h7,12H,3-6H2,1-2H3. The van der Waals surface area contributed by atoms with Crippen LogP contribution < -0.4 is 10.1 Å². The molecule has 0 bridgehead atoms. The first-order chi connectivity index (χ1) is 7.17. The van der Waals surface area contributed by atoms with Crippen LogP contribution in [-0.4, -0.2) is 30.0 Å². The van der Waals surface area contributed by atoms with Gasteiger partial charge in [0.05, 0.1) is 13.3 Å². The number of hydrogen-bond donors (Lipinski definition) is 1. The van der Waals surface area contributed by atoms with E-state index in [1.165, 1.54) is 0 Å². The smallest absolute Gasteiger partial charge is 0.163 e. The summed E-state index contributed by atoms with van der Waals surface area (Å²) in [4.78, 5) is 0. The minimum Gasteiger partial charge on any atom is -0.493 e. The molecule has 2 heterocycles. The summed E-state index contributed by atoms with van der Waals surface area (Å²) in [5.74, 6) is 0.543. The normalized spacial score (nSPS) is 20.2. The molecule has 1 N–H and O–H groups in total. The second kappa shape index (κ2) is 3.81. The molecule has 0 radical (unpaired) electrons. The van der Waals surface area contributed by atoms with Gasteiger partial charge >= 0.3 is 0 Å². The molecule has 1 saturated heterocycles. The molecule has 0 saturated carbocycles. The molecular formula is C10H16FN3O. The van der Waals surface area contributed by atoms with Crippen molar-refractivity contribution in [3.05, 3.63) is 11.9 Å². The van der Waals surface area contributed by atoms with Crippen molar-refractivity contribution in [3.8, 4) is 5.75 Å². The van der Waals surface area contributed by atoms with Gasteiger partial charge in [0.15, 0.2) is 11.4 Å². The van der Waals surface area contributed by atoms with E-state index < -0.39 is 5.67 Å². The zero-order valence-corrected chi connectivity index (χ0v) is 9.09. The summed E-state index contributed by atoms with van der Waals surface area (Å²) < 4.78 is 21.4. The van der Waals surface area contributed by atoms with Gasteiger partial charge in [0.25, 0.3) is 0 Å². The Labute approximate surface area is 88.4 Å². The van der Waals surface area contributed by atoms with E-state index in [-0.39, 0.29) is 0 Å². The molecule has 0 aromatic carbocycles. The molecule has 5 heteroatoms. The van der Waals surface area contributed by atoms with E-state index in [1.807, 2.05) is 0 Å². The lowest BCUT2D eigenvalue weighted by atomic mass is 9.90. The third kappa shape index (κ3) is 1.71. The van der Waals surface area contributed by atoms with Crippen LogP contribution in [-0.2, 0) is 12.7 Å². The number of nitrogens with zero attached hydrogens (tertiary/aromatic N) is 2. The highest BCUT2D eigenvalue weighted by atomic mass is 19.1. The molecule has 2 rings (SSSR count). The first-order valence-electron chi connectivity index (χ1n) is 5.13. The van der Waals surface area contributed by atoms with Crippen LogP contribution in [0.1, 0.15) is 18.5 Å². The summed E-state index contributed by atoms with van der Waals surface area (Å²) in [7, 11) is 3.30. The molecule has 0 spiro atoms. The maximum atomic E-state index is 14.7. The van der Waals surface area contributed by atoms with Crippen LogP contribution in [0.25, 0.3) is 0 Å². The fourth-order valence-electron chi connectivity index (χ4n) is 2.14. The summed E-state index contributed by atoms with van der Waals surface area (Å²) in [5.41, 5.74) is -0.742. The number of hydrogen-bond acceptors (Lipinski definition) is 3. The largest absolute Gasteiger partial charge is 0.493 e. The van der Waals surface area contributed by atoms with Crippen molar-refractivity contribution in [2.24, 2.45) is 7.05 Å². The lowest BCUT2D eigenvalue weighted by molar-refractivity contribution is 0.101. The Bertz CT molecular complexity index is 344. The van der Waals surface area contributed by atoms with E-state index in [2.05, 4.69) is 10.4 Å². The van der Waals surface area contributed by atoms with Gasteiger partial charge in [-0.1, -0.05) is 0 Å². The Morgan fingerprint density at radius 1 is 1.53 bits per heavy atom. The van der Waals surface area contributed by atoms with Crippen molar-refractivity contribution in [2.75, 3.05) is 20.2 Å². The van der Waals surface area contributed by atoms with E-state index in [9.17, 15) is 4.39 Å². The molecule has 1 aromatic rings. The Balaban J connectivity index is 2.37. The summed E-state index contributed by atoms with van der Waals surface area (Å²) in [6, 6.07) is 0. The number of aromatic nitrogens is 2. The van der Waals surface area contributed by atoms with Gasteiger partial charge in [-0.3, -0.25) is 4.68 Å². The number of halogens is 1. The van der Waals surface area contributed by atoms with Crippen molar-refractivity contribution in [1.29, 1.82) is 0 Å². The minimum absolute atomic E-state index is 0.475. The minimum atomic E-state index is -1.30. The summed E-state index contributed by atoms with van der Waals surface area (Å²) in [6.45, 7) is 1.40. The Morgan fingerprint density at radius 2 is 2.20 bits per heavy atom. The summed E-state index contributed by atoms with van der Waals surface area (Å²) in [6.07, 6.45) is 2.52. The average Bonchev–Trinajstić information content (AvgIpc) is 2.61. The molecule has 15 heavy (non-hydrogen) atoms. The third-order valence-electron chi connectivity index (χ3n) is 2.95. The number of ether oxygens (including phenoxy) is 1. The van der Waals surface area contributed by atoms with E-state index in [0.29, 0.717) is 37.4 Å². The van der Waals surface area contributed by atoms with E-state index in [0.717, 1.165) is 0 Å². The van der Waals surface area contributed by atoms with Gasteiger partial charge in [-0.15, -0.1) is 0 Å². The lowest BCUT2D eigenvalue weighted by Gasteiger charge is -2.30. The SMILES string of the molecule is COc1cnn(C)c1C1(F)CCNCC1. The first-order valence-corrected chi connectivity index (χ1v) is 5.13. The zero-order valence-electron chi connectivity index (χ0n) is 9.09. The van der Waals surface area contributed by atoms with E-state index >= 15 is 0 Å². The average molecular weight is 213 g/mol. The molecule has 0 aliphatic carbocycles. The van der Waals surface area contributed by atoms with Gasteiger partial charge in [0.1, 0.15) is 5.69 Å². The second-order valence-electron chi connectivity index (χ2n) is 3.90. The predicted octanol–water partition coefficient (Wildman–Crippen LogP) is 0.977. The molecule has 1 fully saturated rings. The second-order valence-corrected chi connectivity index (χ2v) is 3.90. The van der Waals surface area contributed by atoms with Crippen molar-refractivity contribution >= 4 is 0 Å². The Morgan fingerprint density at radius 3 is 2.80 bits per heavy atom. The van der Waals surface area contributed by atoms with Crippen molar-refractivity contribution in [1.82, 2.24) is 15.1 Å². The third-order valence-corrected chi connectivity index (χ3v) is 2.95. The molecule has 84 valence electrons. The van der Waals surface area contributed by atoms with Crippen LogP contribution in [0.5, 0.6) is 5.75 Å². The molecule has 4 nitrogen and oxygen atoms in total. The number of nitrogens with one attached hydrogen (secondary N) is 1. The van der Waals surface area contributed by atoms with E-state index in [1.54, 1.807) is 25.0 Å². The monoisotopic (exact) mass is 213 g/mol. The van der Waals surface area contributed by atoms with Gasteiger partial charge in [0.2, 0.25) is 0 Å². The van der Waals surface area contributed by atoms with Crippen molar-refractivity contribution < 1.29 is 9.13 Å². The Hall–Kier alpha value is -1.10. The molecule has 0 unspecified atom stereocenters. The quantitative estimate of drug-likeness (QED) is 0.796. The lowest BCUT2D eigenvalue weighted by Crippen LogP contribution is -2.38. The van der Waals surface area contributed by atoms with Gasteiger partial charge < -0.3 is 10.1 Å². The fourth-order valence-corrected chi connectivity index (χ4v) is 2.14. The van der Waals surface area contributed by atoms with Crippen LogP contribution in [0.15, 0.2) is 6.20 Å². The highest BCUT2D eigenvalue weighted by Crippen LogP contribution is 2.39. The van der Waals surface area contributed by atoms with Crippen LogP contribution in [0.3, 0.4) is 0 Å². The summed E-state index contributed by atoms with van der Waals surface area (Å²) >= 11 is 0. The number of alkyl halides is 1. The molecule has 1 aromatic heterocycles. The molecule has 1 aliphatic rings. The topological polar surface area (TPSA) is 39.1 Å².